The molecule has 0 saturated heterocycles. The van der Waals surface area contributed by atoms with Gasteiger partial charge in [0.15, 0.2) is 11.5 Å². The van der Waals surface area contributed by atoms with Gasteiger partial charge in [0.25, 0.3) is 0 Å². The van der Waals surface area contributed by atoms with Crippen LogP contribution in [0.4, 0.5) is 0 Å². The summed E-state index contributed by atoms with van der Waals surface area (Å²) >= 11 is 0. The van der Waals surface area contributed by atoms with Crippen LogP contribution in [0.5, 0.6) is 17.2 Å². The Morgan fingerprint density at radius 3 is 2.61 bits per heavy atom. The quantitative estimate of drug-likeness (QED) is 0.830. The standard InChI is InChI=1S/C11H7NO6/c13-7-3-9-8(16-4-17-9)1-5(7)6-2-10(11(14)15)18-12-6/h1-3,13H,4H2,(H,14,15). The Labute approximate surface area is 100 Å². The minimum atomic E-state index is -1.23. The number of aromatic hydroxyl groups is 1. The molecule has 1 aliphatic rings. The van der Waals surface area contributed by atoms with Gasteiger partial charge in [-0.05, 0) is 6.07 Å². The van der Waals surface area contributed by atoms with E-state index in [1.165, 1.54) is 18.2 Å². The lowest BCUT2D eigenvalue weighted by molar-refractivity contribution is 0.0652. The molecule has 2 aromatic rings. The molecule has 18 heavy (non-hydrogen) atoms. The SMILES string of the molecule is O=C(O)c1cc(-c2cc3c(cc2O)OCO3)no1. The number of carboxylic acid groups (broad SMARTS) is 1. The molecule has 2 heterocycles. The van der Waals surface area contributed by atoms with E-state index in [1.807, 2.05) is 0 Å². The van der Waals surface area contributed by atoms with Crippen LogP contribution in [-0.4, -0.2) is 28.1 Å². The molecule has 0 fully saturated rings. The van der Waals surface area contributed by atoms with Gasteiger partial charge < -0.3 is 24.2 Å². The summed E-state index contributed by atoms with van der Waals surface area (Å²) < 4.78 is 14.9. The first-order valence-electron chi connectivity index (χ1n) is 4.98. The summed E-state index contributed by atoms with van der Waals surface area (Å²) in [5.74, 6) is -0.735. The first-order valence-corrected chi connectivity index (χ1v) is 4.98. The van der Waals surface area contributed by atoms with Crippen molar-refractivity contribution in [3.63, 3.8) is 0 Å². The van der Waals surface area contributed by atoms with E-state index in [1.54, 1.807) is 0 Å². The highest BCUT2D eigenvalue weighted by Crippen LogP contribution is 2.41. The molecule has 1 aliphatic heterocycles. The van der Waals surface area contributed by atoms with Crippen molar-refractivity contribution in [1.29, 1.82) is 0 Å². The molecular formula is C11H7NO6. The number of hydrogen-bond donors (Lipinski definition) is 2. The molecule has 0 atom stereocenters. The lowest BCUT2D eigenvalue weighted by Crippen LogP contribution is -1.92. The average Bonchev–Trinajstić information content (AvgIpc) is 2.94. The van der Waals surface area contributed by atoms with E-state index in [0.29, 0.717) is 17.1 Å². The van der Waals surface area contributed by atoms with Crippen molar-refractivity contribution in [1.82, 2.24) is 5.16 Å². The van der Waals surface area contributed by atoms with Crippen LogP contribution in [0.3, 0.4) is 0 Å². The van der Waals surface area contributed by atoms with Crippen LogP contribution < -0.4 is 9.47 Å². The highest BCUT2D eigenvalue weighted by molar-refractivity contribution is 5.86. The molecule has 0 saturated carbocycles. The number of phenols is 1. The molecule has 0 aliphatic carbocycles. The van der Waals surface area contributed by atoms with Crippen LogP contribution in [0.15, 0.2) is 22.7 Å². The van der Waals surface area contributed by atoms with E-state index in [2.05, 4.69) is 9.68 Å². The van der Waals surface area contributed by atoms with Gasteiger partial charge in [-0.3, -0.25) is 0 Å². The van der Waals surface area contributed by atoms with Crippen LogP contribution in [-0.2, 0) is 0 Å². The molecule has 2 N–H and O–H groups in total. The number of aromatic nitrogens is 1. The van der Waals surface area contributed by atoms with Crippen molar-refractivity contribution in [3.05, 3.63) is 24.0 Å². The van der Waals surface area contributed by atoms with Gasteiger partial charge in [-0.15, -0.1) is 0 Å². The normalized spacial score (nSPS) is 12.7. The number of hydrogen-bond acceptors (Lipinski definition) is 6. The van der Waals surface area contributed by atoms with Crippen molar-refractivity contribution < 1.29 is 29.0 Å². The fourth-order valence-electron chi connectivity index (χ4n) is 1.64. The fourth-order valence-corrected chi connectivity index (χ4v) is 1.64. The summed E-state index contributed by atoms with van der Waals surface area (Å²) in [6.07, 6.45) is 0. The Morgan fingerprint density at radius 1 is 1.22 bits per heavy atom. The average molecular weight is 249 g/mol. The number of carboxylic acids is 1. The number of carbonyl (C=O) groups is 1. The van der Waals surface area contributed by atoms with Gasteiger partial charge in [0.05, 0.1) is 0 Å². The molecule has 0 bridgehead atoms. The van der Waals surface area contributed by atoms with E-state index in [0.717, 1.165) is 0 Å². The van der Waals surface area contributed by atoms with Crippen LogP contribution in [0.1, 0.15) is 10.6 Å². The van der Waals surface area contributed by atoms with Gasteiger partial charge >= 0.3 is 5.97 Å². The maximum Gasteiger partial charge on any atom is 0.374 e. The summed E-state index contributed by atoms with van der Waals surface area (Å²) in [4.78, 5) is 10.7. The molecule has 0 spiro atoms. The van der Waals surface area contributed by atoms with E-state index in [-0.39, 0.29) is 24.0 Å². The molecule has 3 rings (SSSR count). The largest absolute Gasteiger partial charge is 0.507 e. The number of benzene rings is 1. The van der Waals surface area contributed by atoms with Crippen LogP contribution in [0, 0.1) is 0 Å². The summed E-state index contributed by atoms with van der Waals surface area (Å²) in [6.45, 7) is 0.0808. The number of phenolic OH excluding ortho intramolecular Hbond substituents is 1. The third-order valence-corrected chi connectivity index (χ3v) is 2.49. The molecule has 7 nitrogen and oxygen atoms in total. The fraction of sp³-hybridized carbons (Fsp3) is 0.0909. The summed E-state index contributed by atoms with van der Waals surface area (Å²) in [5, 5.41) is 22.1. The van der Waals surface area contributed by atoms with Crippen molar-refractivity contribution in [3.8, 4) is 28.5 Å². The smallest absolute Gasteiger partial charge is 0.374 e. The zero-order valence-corrected chi connectivity index (χ0v) is 8.91. The molecule has 1 aromatic heterocycles. The van der Waals surface area contributed by atoms with Crippen LogP contribution in [0.25, 0.3) is 11.3 Å². The predicted octanol–water partition coefficient (Wildman–Crippen LogP) is 1.47. The maximum atomic E-state index is 10.7. The van der Waals surface area contributed by atoms with Crippen molar-refractivity contribution in [2.75, 3.05) is 6.79 Å². The minimum Gasteiger partial charge on any atom is -0.507 e. The molecule has 1 aromatic carbocycles. The second-order valence-electron chi connectivity index (χ2n) is 3.60. The number of nitrogens with zero attached hydrogens (tertiary/aromatic N) is 1. The van der Waals surface area contributed by atoms with E-state index >= 15 is 0 Å². The summed E-state index contributed by atoms with van der Waals surface area (Å²) in [6, 6.07) is 4.12. The topological polar surface area (TPSA) is 102 Å². The minimum absolute atomic E-state index is 0.0808. The zero-order chi connectivity index (χ0) is 12.7. The Hall–Kier alpha value is -2.70. The zero-order valence-electron chi connectivity index (χ0n) is 8.91. The number of rotatable bonds is 2. The molecule has 92 valence electrons. The van der Waals surface area contributed by atoms with E-state index in [4.69, 9.17) is 14.6 Å². The first kappa shape index (κ1) is 10.5. The van der Waals surface area contributed by atoms with Crippen molar-refractivity contribution >= 4 is 5.97 Å². The van der Waals surface area contributed by atoms with Gasteiger partial charge in [0.1, 0.15) is 11.4 Å². The second kappa shape index (κ2) is 3.66. The molecule has 0 amide bonds. The molecular weight excluding hydrogens is 242 g/mol. The van der Waals surface area contributed by atoms with Gasteiger partial charge in [0.2, 0.25) is 12.6 Å². The van der Waals surface area contributed by atoms with E-state index in [9.17, 15) is 9.90 Å². The Balaban J connectivity index is 2.08. The van der Waals surface area contributed by atoms with Crippen molar-refractivity contribution in [2.24, 2.45) is 0 Å². The lowest BCUT2D eigenvalue weighted by atomic mass is 10.1. The Bertz CT molecular complexity index is 632. The number of fused-ring (bicyclic) bond motifs is 1. The lowest BCUT2D eigenvalue weighted by Gasteiger charge is -2.02. The number of ether oxygens (including phenoxy) is 2. The number of aromatic carboxylic acids is 1. The van der Waals surface area contributed by atoms with E-state index < -0.39 is 5.97 Å². The monoisotopic (exact) mass is 249 g/mol. The molecule has 7 heteroatoms. The summed E-state index contributed by atoms with van der Waals surface area (Å²) in [7, 11) is 0. The van der Waals surface area contributed by atoms with Gasteiger partial charge in [0, 0.05) is 17.7 Å². The highest BCUT2D eigenvalue weighted by Gasteiger charge is 2.20. The highest BCUT2D eigenvalue weighted by atomic mass is 16.7. The summed E-state index contributed by atoms with van der Waals surface area (Å²) in [5.41, 5.74) is 0.527. The molecule has 0 radical (unpaired) electrons. The Morgan fingerprint density at radius 2 is 1.94 bits per heavy atom. The van der Waals surface area contributed by atoms with Crippen LogP contribution >= 0.6 is 0 Å². The van der Waals surface area contributed by atoms with Crippen LogP contribution in [0.2, 0.25) is 0 Å². The maximum absolute atomic E-state index is 10.7. The Kier molecular flexibility index (Phi) is 2.12. The predicted molar refractivity (Wildman–Crippen MR) is 56.7 cm³/mol. The first-order chi connectivity index (χ1) is 8.65. The second-order valence-corrected chi connectivity index (χ2v) is 3.60. The third-order valence-electron chi connectivity index (χ3n) is 2.49. The van der Waals surface area contributed by atoms with Gasteiger partial charge in [-0.25, -0.2) is 4.79 Å². The van der Waals surface area contributed by atoms with Crippen molar-refractivity contribution in [2.45, 2.75) is 0 Å². The molecule has 0 unspecified atom stereocenters. The van der Waals surface area contributed by atoms with Gasteiger partial charge in [-0.2, -0.15) is 0 Å². The van der Waals surface area contributed by atoms with Gasteiger partial charge in [-0.1, -0.05) is 5.16 Å². The third kappa shape index (κ3) is 1.53.